The third kappa shape index (κ3) is 7.70. The molecule has 0 aliphatic rings. The van der Waals surface area contributed by atoms with Gasteiger partial charge in [0, 0.05) is 44.3 Å². The van der Waals surface area contributed by atoms with E-state index in [-0.39, 0.29) is 0 Å². The van der Waals surface area contributed by atoms with Crippen molar-refractivity contribution in [2.75, 3.05) is 0 Å². The van der Waals surface area contributed by atoms with Gasteiger partial charge in [0.25, 0.3) is 0 Å². The molecule has 0 fully saturated rings. The van der Waals surface area contributed by atoms with E-state index in [1.54, 1.807) is 0 Å². The van der Waals surface area contributed by atoms with Gasteiger partial charge in [0.1, 0.15) is 6.34 Å². The quantitative estimate of drug-likeness (QED) is 0.0893. The van der Waals surface area contributed by atoms with E-state index in [9.17, 15) is 0 Å². The zero-order valence-electron chi connectivity index (χ0n) is 33.5. The van der Waals surface area contributed by atoms with Gasteiger partial charge in [0.2, 0.25) is 0 Å². The van der Waals surface area contributed by atoms with Gasteiger partial charge in [-0.05, 0) is 52.2 Å². The minimum absolute atomic E-state index is 0.349. The van der Waals surface area contributed by atoms with Crippen LogP contribution in [0.25, 0.3) is 78.2 Å². The maximum atomic E-state index is 8.27. The van der Waals surface area contributed by atoms with Crippen molar-refractivity contribution in [1.82, 2.24) is 19.9 Å². The molecule has 1 N–H and O–H groups in total. The molecule has 0 saturated carbocycles. The Morgan fingerprint density at radius 1 is 0.419 bits per heavy atom. The van der Waals surface area contributed by atoms with Gasteiger partial charge < -0.3 is 0 Å². The summed E-state index contributed by atoms with van der Waals surface area (Å²) in [6.45, 7) is 0. The highest BCUT2D eigenvalue weighted by atomic mass is 15.0. The average molecular weight is 796 g/mol. The Morgan fingerprint density at radius 3 is 1.50 bits per heavy atom. The van der Waals surface area contributed by atoms with E-state index in [2.05, 4.69) is 77.8 Å². The summed E-state index contributed by atoms with van der Waals surface area (Å²) in [5, 5.41) is 11.6. The molecule has 0 atom stereocenters. The van der Waals surface area contributed by atoms with Crippen LogP contribution in [0.4, 0.5) is 0 Å². The van der Waals surface area contributed by atoms with Crippen LogP contribution in [0.5, 0.6) is 0 Å². The molecule has 0 bridgehead atoms. The second-order valence-corrected chi connectivity index (χ2v) is 14.7. The number of rotatable bonds is 9. The number of benzene rings is 8. The Balaban J connectivity index is 1.25. The number of pyridine rings is 1. The molecule has 0 aliphatic heterocycles. The third-order valence-corrected chi connectivity index (χ3v) is 10.7. The summed E-state index contributed by atoms with van der Waals surface area (Å²) in [5.74, 6) is 1.91. The fourth-order valence-corrected chi connectivity index (χ4v) is 7.79. The molecule has 7 nitrogen and oxygen atoms in total. The lowest BCUT2D eigenvalue weighted by Crippen LogP contribution is -2.09. The van der Waals surface area contributed by atoms with Crippen molar-refractivity contribution in [3.8, 4) is 56.5 Å². The van der Waals surface area contributed by atoms with Gasteiger partial charge >= 0.3 is 0 Å². The molecule has 10 aromatic rings. The number of aromatic nitrogens is 4. The van der Waals surface area contributed by atoms with Gasteiger partial charge in [-0.25, -0.2) is 29.9 Å². The van der Waals surface area contributed by atoms with E-state index < -0.39 is 0 Å². The standard InChI is InChI=1S/C55H37N7/c56-36-57-52(59-51(39-21-8-2-9-22-39)40-23-10-3-11-24-40)44-32-43(49-35-47(37-18-6-1-7-19-37)50-46-29-17-16-20-38(46)30-31-48(50)58-49)33-45(34-44)55-61-53(41-25-12-4-13-26-41)60-54(62-55)42-27-14-5-15-28-42/h1-36,56H. The van der Waals surface area contributed by atoms with Crippen LogP contribution in [0.2, 0.25) is 0 Å². The number of hydrogen-bond acceptors (Lipinski definition) is 5. The SMILES string of the molecule is N=CN=C(N=C(c1ccccc1)c1ccccc1)c1cc(-c2cc(-c3ccccc3)c3c(ccc4ccccc43)n2)cc(-c2nc(-c3ccccc3)nc(-c3ccccc3)n2)c1. The number of hydrogen-bond donors (Lipinski definition) is 1. The molecule has 0 aliphatic carbocycles. The summed E-state index contributed by atoms with van der Waals surface area (Å²) in [7, 11) is 0. The smallest absolute Gasteiger partial charge is 0.164 e. The first kappa shape index (κ1) is 37.7. The summed E-state index contributed by atoms with van der Waals surface area (Å²) in [5.41, 5.74) is 10.2. The van der Waals surface area contributed by atoms with Gasteiger partial charge in [-0.15, -0.1) is 0 Å². The fourth-order valence-electron chi connectivity index (χ4n) is 7.79. The Morgan fingerprint density at radius 2 is 0.919 bits per heavy atom. The first-order chi connectivity index (χ1) is 30.7. The molecular formula is C55H37N7. The highest BCUT2D eigenvalue weighted by molar-refractivity contribution is 6.21. The van der Waals surface area contributed by atoms with Crippen LogP contribution in [-0.4, -0.2) is 37.8 Å². The van der Waals surface area contributed by atoms with Crippen molar-refractivity contribution >= 4 is 39.6 Å². The summed E-state index contributed by atoms with van der Waals surface area (Å²) < 4.78 is 0. The minimum atomic E-state index is 0.349. The Labute approximate surface area is 359 Å². The van der Waals surface area contributed by atoms with Crippen LogP contribution in [-0.2, 0) is 0 Å². The largest absolute Gasteiger partial charge is 0.289 e. The van der Waals surface area contributed by atoms with Crippen molar-refractivity contribution < 1.29 is 0 Å². The molecule has 0 unspecified atom stereocenters. The molecule has 7 heteroatoms. The first-order valence-electron chi connectivity index (χ1n) is 20.4. The first-order valence-corrected chi connectivity index (χ1v) is 20.4. The second-order valence-electron chi connectivity index (χ2n) is 14.7. The van der Waals surface area contributed by atoms with Gasteiger partial charge in [-0.2, -0.15) is 0 Å². The van der Waals surface area contributed by atoms with Crippen LogP contribution in [0.3, 0.4) is 0 Å². The topological polar surface area (TPSA) is 100 Å². The number of nitrogens with one attached hydrogen (secondary N) is 1. The van der Waals surface area contributed by atoms with E-state index in [4.69, 9.17) is 30.3 Å². The average Bonchev–Trinajstić information content (AvgIpc) is 3.36. The number of fused-ring (bicyclic) bond motifs is 3. The van der Waals surface area contributed by atoms with Crippen LogP contribution >= 0.6 is 0 Å². The van der Waals surface area contributed by atoms with Gasteiger partial charge in [-0.3, -0.25) is 5.41 Å². The van der Waals surface area contributed by atoms with E-state index in [0.29, 0.717) is 34.4 Å². The molecule has 0 saturated heterocycles. The maximum absolute atomic E-state index is 8.27. The molecule has 8 aromatic carbocycles. The predicted molar refractivity (Wildman–Crippen MR) is 254 cm³/mol. The highest BCUT2D eigenvalue weighted by Gasteiger charge is 2.19. The summed E-state index contributed by atoms with van der Waals surface area (Å²) in [6.07, 6.45) is 1.04. The van der Waals surface area contributed by atoms with E-state index in [1.807, 2.05) is 140 Å². The summed E-state index contributed by atoms with van der Waals surface area (Å²) in [4.78, 5) is 30.5. The Hall–Kier alpha value is -8.55. The van der Waals surface area contributed by atoms with Crippen LogP contribution in [0.15, 0.2) is 222 Å². The zero-order valence-corrected chi connectivity index (χ0v) is 33.5. The highest BCUT2D eigenvalue weighted by Crippen LogP contribution is 2.38. The van der Waals surface area contributed by atoms with Crippen molar-refractivity contribution in [3.63, 3.8) is 0 Å². The lowest BCUT2D eigenvalue weighted by atomic mass is 9.93. The lowest BCUT2D eigenvalue weighted by molar-refractivity contribution is 1.07. The summed E-state index contributed by atoms with van der Waals surface area (Å²) in [6, 6.07) is 71.4. The van der Waals surface area contributed by atoms with Crippen LogP contribution < -0.4 is 0 Å². The molecule has 0 amide bonds. The summed E-state index contributed by atoms with van der Waals surface area (Å²) >= 11 is 0. The van der Waals surface area contributed by atoms with E-state index in [0.717, 1.165) is 78.4 Å². The second kappa shape index (κ2) is 17.0. The molecule has 2 aromatic heterocycles. The Kier molecular flexibility index (Phi) is 10.3. The van der Waals surface area contributed by atoms with Crippen molar-refractivity contribution in [2.24, 2.45) is 9.98 Å². The molecule has 0 spiro atoms. The molecule has 2 heterocycles. The monoisotopic (exact) mass is 795 g/mol. The number of amidine groups is 1. The van der Waals surface area contributed by atoms with Crippen molar-refractivity contribution in [3.05, 3.63) is 229 Å². The predicted octanol–water partition coefficient (Wildman–Crippen LogP) is 12.8. The van der Waals surface area contributed by atoms with E-state index >= 15 is 0 Å². The van der Waals surface area contributed by atoms with Gasteiger partial charge in [0.05, 0.1) is 16.9 Å². The molecular weight excluding hydrogens is 759 g/mol. The van der Waals surface area contributed by atoms with Gasteiger partial charge in [0.15, 0.2) is 23.3 Å². The minimum Gasteiger partial charge on any atom is -0.289 e. The number of nitrogens with zero attached hydrogens (tertiary/aromatic N) is 6. The molecule has 62 heavy (non-hydrogen) atoms. The van der Waals surface area contributed by atoms with Gasteiger partial charge in [-0.1, -0.05) is 182 Å². The number of aliphatic imine (C=N–C) groups is 2. The van der Waals surface area contributed by atoms with Crippen LogP contribution in [0.1, 0.15) is 16.7 Å². The molecule has 10 rings (SSSR count). The zero-order chi connectivity index (χ0) is 41.7. The van der Waals surface area contributed by atoms with E-state index in [1.165, 1.54) is 0 Å². The maximum Gasteiger partial charge on any atom is 0.164 e. The Bertz CT molecular complexity index is 3180. The third-order valence-electron chi connectivity index (χ3n) is 10.7. The fraction of sp³-hybridized carbons (Fsp3) is 0. The molecule has 292 valence electrons. The molecule has 0 radical (unpaired) electrons. The van der Waals surface area contributed by atoms with Crippen molar-refractivity contribution in [2.45, 2.75) is 0 Å². The normalized spacial score (nSPS) is 11.4. The van der Waals surface area contributed by atoms with Crippen LogP contribution in [0, 0.1) is 5.41 Å². The lowest BCUT2D eigenvalue weighted by Gasteiger charge is -2.15. The van der Waals surface area contributed by atoms with Crippen molar-refractivity contribution in [1.29, 1.82) is 5.41 Å².